The van der Waals surface area contributed by atoms with Gasteiger partial charge in [-0.1, -0.05) is 0 Å². The summed E-state index contributed by atoms with van der Waals surface area (Å²) in [7, 11) is 0. The third-order valence-electron chi connectivity index (χ3n) is 1.65. The molecule has 1 aromatic rings. The van der Waals surface area contributed by atoms with E-state index in [2.05, 4.69) is 25.7 Å². The number of halogens is 8. The number of aromatic nitrogens is 1. The maximum absolute atomic E-state index is 12.5. The number of hydrogen-bond donors (Lipinski definition) is 0. The van der Waals surface area contributed by atoms with Gasteiger partial charge in [0, 0.05) is 5.88 Å². The lowest BCUT2D eigenvalue weighted by molar-refractivity contribution is -0.276. The van der Waals surface area contributed by atoms with Gasteiger partial charge in [-0.2, -0.15) is 13.2 Å². The number of pyridine rings is 1. The van der Waals surface area contributed by atoms with Gasteiger partial charge in [0.1, 0.15) is 0 Å². The van der Waals surface area contributed by atoms with Crippen LogP contribution in [0.25, 0.3) is 0 Å². The van der Waals surface area contributed by atoms with Crippen molar-refractivity contribution in [1.82, 2.24) is 4.98 Å². The number of ether oxygens (including phenoxy) is 1. The first kappa shape index (κ1) is 15.4. The van der Waals surface area contributed by atoms with E-state index in [1.807, 2.05) is 0 Å². The third kappa shape index (κ3) is 3.91. The van der Waals surface area contributed by atoms with E-state index in [-0.39, 0.29) is 4.47 Å². The van der Waals surface area contributed by atoms with E-state index >= 15 is 0 Å². The predicted molar refractivity (Wildman–Crippen MR) is 53.2 cm³/mol. The molecule has 0 amide bonds. The molecule has 1 rings (SSSR count). The highest BCUT2D eigenvalue weighted by Gasteiger charge is 2.38. The molecule has 0 spiro atoms. The average Bonchev–Trinajstić information content (AvgIpc) is 2.16. The summed E-state index contributed by atoms with van der Waals surface area (Å²) in [5.41, 5.74) is -1.97. The number of nitrogens with zero attached hydrogens (tertiary/aromatic N) is 1. The van der Waals surface area contributed by atoms with E-state index in [9.17, 15) is 26.3 Å². The Morgan fingerprint density at radius 3 is 2.17 bits per heavy atom. The van der Waals surface area contributed by atoms with Gasteiger partial charge in [0.25, 0.3) is 0 Å². The lowest BCUT2D eigenvalue weighted by Gasteiger charge is -2.14. The Hall–Kier alpha value is -0.700. The van der Waals surface area contributed by atoms with E-state index in [1.54, 1.807) is 0 Å². The van der Waals surface area contributed by atoms with Crippen molar-refractivity contribution in [3.63, 3.8) is 0 Å². The van der Waals surface area contributed by atoms with Crippen LogP contribution in [0.1, 0.15) is 11.3 Å². The molecule has 0 saturated heterocycles. The van der Waals surface area contributed by atoms with Crippen molar-refractivity contribution in [2.24, 2.45) is 0 Å². The maximum atomic E-state index is 12.5. The highest BCUT2D eigenvalue weighted by Crippen LogP contribution is 2.37. The van der Waals surface area contributed by atoms with E-state index in [1.165, 1.54) is 0 Å². The van der Waals surface area contributed by atoms with Crippen LogP contribution in [-0.4, -0.2) is 11.3 Å². The molecule has 0 saturated carbocycles. The van der Waals surface area contributed by atoms with Crippen molar-refractivity contribution < 1.29 is 31.1 Å². The van der Waals surface area contributed by atoms with E-state index < -0.39 is 35.6 Å². The lowest BCUT2D eigenvalue weighted by Crippen LogP contribution is -2.20. The Labute approximate surface area is 110 Å². The SMILES string of the molecule is FC(F)(F)Oc1nc(C(F)(F)F)c(CCl)cc1Br. The molecule has 0 bridgehead atoms. The molecule has 1 heterocycles. The molecule has 0 unspecified atom stereocenters. The second kappa shape index (κ2) is 5.12. The first-order valence-corrected chi connectivity index (χ1v) is 5.45. The maximum Gasteiger partial charge on any atom is 0.574 e. The molecule has 0 aliphatic heterocycles. The molecule has 0 aromatic carbocycles. The van der Waals surface area contributed by atoms with Crippen LogP contribution < -0.4 is 4.74 Å². The Kier molecular flexibility index (Phi) is 4.37. The number of rotatable bonds is 2. The zero-order chi connectivity index (χ0) is 14.1. The minimum absolute atomic E-state index is 0.372. The molecule has 0 aliphatic rings. The summed E-state index contributed by atoms with van der Waals surface area (Å²) in [6, 6.07) is 0.782. The van der Waals surface area contributed by atoms with E-state index in [4.69, 9.17) is 11.6 Å². The van der Waals surface area contributed by atoms with Gasteiger partial charge in [-0.3, -0.25) is 0 Å². The fraction of sp³-hybridized carbons (Fsp3) is 0.375. The summed E-state index contributed by atoms with van der Waals surface area (Å²) >= 11 is 7.90. The second-order valence-electron chi connectivity index (χ2n) is 2.96. The highest BCUT2D eigenvalue weighted by atomic mass is 79.9. The summed E-state index contributed by atoms with van der Waals surface area (Å²) in [6.45, 7) is 0. The van der Waals surface area contributed by atoms with Gasteiger partial charge < -0.3 is 4.74 Å². The van der Waals surface area contributed by atoms with Crippen molar-refractivity contribution >= 4 is 27.5 Å². The van der Waals surface area contributed by atoms with Crippen LogP contribution in [0.15, 0.2) is 10.5 Å². The first-order chi connectivity index (χ1) is 8.04. The molecule has 18 heavy (non-hydrogen) atoms. The predicted octanol–water partition coefficient (Wildman–Crippen LogP) is 4.50. The Bertz CT molecular complexity index is 446. The molecule has 1 aromatic heterocycles. The quantitative estimate of drug-likeness (QED) is 0.574. The molecule has 0 fully saturated rings. The van der Waals surface area contributed by atoms with Crippen LogP contribution in [0.2, 0.25) is 0 Å². The molecular formula is C8H3BrClF6NO. The van der Waals surface area contributed by atoms with Crippen LogP contribution >= 0.6 is 27.5 Å². The normalized spacial score (nSPS) is 12.7. The minimum atomic E-state index is -5.14. The van der Waals surface area contributed by atoms with Gasteiger partial charge in [-0.05, 0) is 27.6 Å². The summed E-state index contributed by atoms with van der Waals surface area (Å²) < 4.78 is 76.3. The molecule has 102 valence electrons. The molecule has 0 aliphatic carbocycles. The van der Waals surface area contributed by atoms with Crippen LogP contribution in [-0.2, 0) is 12.1 Å². The topological polar surface area (TPSA) is 22.1 Å². The standard InChI is InChI=1S/C8H3BrClF6NO/c9-4-1-3(2-10)5(7(11,12)13)17-6(4)18-8(14,15)16/h1H,2H2. The molecule has 0 radical (unpaired) electrons. The van der Waals surface area contributed by atoms with Crippen molar-refractivity contribution in [2.45, 2.75) is 18.4 Å². The van der Waals surface area contributed by atoms with Crippen molar-refractivity contribution in [3.05, 3.63) is 21.8 Å². The van der Waals surface area contributed by atoms with Gasteiger partial charge in [-0.15, -0.1) is 24.8 Å². The average molecular weight is 358 g/mol. The first-order valence-electron chi connectivity index (χ1n) is 4.13. The second-order valence-corrected chi connectivity index (χ2v) is 4.08. The Morgan fingerprint density at radius 2 is 1.78 bits per heavy atom. The van der Waals surface area contributed by atoms with E-state index in [0.29, 0.717) is 0 Å². The molecular weight excluding hydrogens is 355 g/mol. The number of hydrogen-bond acceptors (Lipinski definition) is 2. The van der Waals surface area contributed by atoms with Gasteiger partial charge >= 0.3 is 12.5 Å². The number of alkyl halides is 7. The van der Waals surface area contributed by atoms with Crippen LogP contribution in [0, 0.1) is 0 Å². The largest absolute Gasteiger partial charge is 0.574 e. The summed E-state index contributed by atoms with van der Waals surface area (Å²) in [5, 5.41) is 0. The van der Waals surface area contributed by atoms with Crippen LogP contribution in [0.4, 0.5) is 26.3 Å². The lowest BCUT2D eigenvalue weighted by atomic mass is 10.2. The van der Waals surface area contributed by atoms with Gasteiger partial charge in [0.05, 0.1) is 4.47 Å². The fourth-order valence-electron chi connectivity index (χ4n) is 1.04. The van der Waals surface area contributed by atoms with Gasteiger partial charge in [0.2, 0.25) is 5.88 Å². The molecule has 10 heteroatoms. The molecule has 0 atom stereocenters. The zero-order valence-corrected chi connectivity index (χ0v) is 10.5. The fourth-order valence-corrected chi connectivity index (χ4v) is 1.69. The highest BCUT2D eigenvalue weighted by molar-refractivity contribution is 9.10. The zero-order valence-electron chi connectivity index (χ0n) is 8.16. The smallest absolute Gasteiger partial charge is 0.387 e. The van der Waals surface area contributed by atoms with Crippen molar-refractivity contribution in [1.29, 1.82) is 0 Å². The summed E-state index contributed by atoms with van der Waals surface area (Å²) in [6.07, 6.45) is -10.1. The van der Waals surface area contributed by atoms with Gasteiger partial charge in [0.15, 0.2) is 5.69 Å². The molecule has 0 N–H and O–H groups in total. The van der Waals surface area contributed by atoms with E-state index in [0.717, 1.165) is 6.07 Å². The monoisotopic (exact) mass is 357 g/mol. The van der Waals surface area contributed by atoms with Crippen molar-refractivity contribution in [2.75, 3.05) is 0 Å². The molecule has 2 nitrogen and oxygen atoms in total. The van der Waals surface area contributed by atoms with Gasteiger partial charge in [-0.25, -0.2) is 4.98 Å². The van der Waals surface area contributed by atoms with Crippen LogP contribution in [0.3, 0.4) is 0 Å². The Morgan fingerprint density at radius 1 is 1.22 bits per heavy atom. The summed E-state index contributed by atoms with van der Waals surface area (Å²) in [4.78, 5) is 2.80. The van der Waals surface area contributed by atoms with Crippen molar-refractivity contribution in [3.8, 4) is 5.88 Å². The minimum Gasteiger partial charge on any atom is -0.387 e. The summed E-state index contributed by atoms with van der Waals surface area (Å²) in [5.74, 6) is -1.77. The third-order valence-corrected chi connectivity index (χ3v) is 2.50. The van der Waals surface area contributed by atoms with Crippen LogP contribution in [0.5, 0.6) is 5.88 Å². The Balaban J connectivity index is 3.31.